The average molecular weight is 259 g/mol. The number of nitrogens with zero attached hydrogens (tertiary/aromatic N) is 4. The normalized spacial score (nSPS) is 10.7. The van der Waals surface area contributed by atoms with Crippen molar-refractivity contribution in [1.82, 2.24) is 19.3 Å². The Morgan fingerprint density at radius 3 is 2.81 bits per heavy atom. The fourth-order valence-corrected chi connectivity index (χ4v) is 1.56. The van der Waals surface area contributed by atoms with Crippen LogP contribution in [-0.2, 0) is 13.6 Å². The topological polar surface area (TPSA) is 52.7 Å². The molecule has 0 aromatic carbocycles. The van der Waals surface area contributed by atoms with E-state index in [0.717, 1.165) is 5.69 Å². The zero-order chi connectivity index (χ0) is 11.7. The summed E-state index contributed by atoms with van der Waals surface area (Å²) >= 11 is 11.3. The van der Waals surface area contributed by atoms with Crippen molar-refractivity contribution in [3.05, 3.63) is 44.8 Å². The molecule has 0 aliphatic rings. The molecule has 0 radical (unpaired) electrons. The van der Waals surface area contributed by atoms with Crippen molar-refractivity contribution in [2.75, 3.05) is 0 Å². The van der Waals surface area contributed by atoms with Crippen molar-refractivity contribution in [3.8, 4) is 0 Å². The van der Waals surface area contributed by atoms with Gasteiger partial charge < -0.3 is 0 Å². The van der Waals surface area contributed by atoms with Gasteiger partial charge in [-0.3, -0.25) is 14.0 Å². The van der Waals surface area contributed by atoms with Crippen LogP contribution in [0.2, 0.25) is 10.2 Å². The lowest BCUT2D eigenvalue weighted by Gasteiger charge is -2.03. The molecule has 2 rings (SSSR count). The first-order chi connectivity index (χ1) is 7.58. The van der Waals surface area contributed by atoms with Gasteiger partial charge in [-0.25, -0.2) is 4.98 Å². The van der Waals surface area contributed by atoms with E-state index >= 15 is 0 Å². The van der Waals surface area contributed by atoms with Crippen molar-refractivity contribution in [1.29, 1.82) is 0 Å². The third kappa shape index (κ3) is 2.10. The molecule has 0 aliphatic heterocycles. The highest BCUT2D eigenvalue weighted by Crippen LogP contribution is 2.12. The van der Waals surface area contributed by atoms with Crippen LogP contribution in [0, 0.1) is 0 Å². The van der Waals surface area contributed by atoms with Crippen molar-refractivity contribution in [2.45, 2.75) is 6.54 Å². The molecule has 0 atom stereocenters. The number of halogens is 2. The molecular formula is C9H8Cl2N4O. The van der Waals surface area contributed by atoms with E-state index in [4.69, 9.17) is 23.2 Å². The van der Waals surface area contributed by atoms with Gasteiger partial charge in [0.25, 0.3) is 5.56 Å². The van der Waals surface area contributed by atoms with Crippen LogP contribution in [0.5, 0.6) is 0 Å². The second-order valence-electron chi connectivity index (χ2n) is 3.26. The Balaban J connectivity index is 2.36. The second kappa shape index (κ2) is 4.27. The zero-order valence-corrected chi connectivity index (χ0v) is 9.90. The molecule has 0 N–H and O–H groups in total. The SMILES string of the molecule is Cn1ccc(Cn2cnc(Cl)c(Cl)c2=O)n1. The molecule has 0 unspecified atom stereocenters. The predicted molar refractivity (Wildman–Crippen MR) is 60.8 cm³/mol. The highest BCUT2D eigenvalue weighted by Gasteiger charge is 2.08. The van der Waals surface area contributed by atoms with Gasteiger partial charge in [-0.1, -0.05) is 23.2 Å². The summed E-state index contributed by atoms with van der Waals surface area (Å²) < 4.78 is 3.02. The van der Waals surface area contributed by atoms with Gasteiger partial charge in [0.1, 0.15) is 5.02 Å². The number of rotatable bonds is 2. The van der Waals surface area contributed by atoms with E-state index in [1.807, 2.05) is 6.07 Å². The van der Waals surface area contributed by atoms with E-state index in [1.165, 1.54) is 10.9 Å². The molecule has 2 aromatic heterocycles. The fraction of sp³-hybridized carbons (Fsp3) is 0.222. The molecule has 2 aromatic rings. The van der Waals surface area contributed by atoms with Crippen LogP contribution >= 0.6 is 23.2 Å². The maximum absolute atomic E-state index is 11.7. The summed E-state index contributed by atoms with van der Waals surface area (Å²) in [5, 5.41) is 4.10. The van der Waals surface area contributed by atoms with E-state index in [0.29, 0.717) is 6.54 Å². The van der Waals surface area contributed by atoms with Crippen LogP contribution in [0.1, 0.15) is 5.69 Å². The molecule has 16 heavy (non-hydrogen) atoms. The maximum atomic E-state index is 11.7. The lowest BCUT2D eigenvalue weighted by atomic mass is 10.4. The first kappa shape index (κ1) is 11.2. The summed E-state index contributed by atoms with van der Waals surface area (Å²) in [6.07, 6.45) is 3.15. The molecule has 7 heteroatoms. The lowest BCUT2D eigenvalue weighted by Crippen LogP contribution is -2.21. The van der Waals surface area contributed by atoms with Gasteiger partial charge in [0.15, 0.2) is 5.15 Å². The van der Waals surface area contributed by atoms with Crippen LogP contribution in [0.4, 0.5) is 0 Å². The predicted octanol–water partition coefficient (Wildman–Crippen LogP) is 1.33. The Morgan fingerprint density at radius 2 is 2.19 bits per heavy atom. The van der Waals surface area contributed by atoms with Crippen LogP contribution in [0.3, 0.4) is 0 Å². The molecule has 2 heterocycles. The standard InChI is InChI=1S/C9H8Cl2N4O/c1-14-3-2-6(13-14)4-15-5-12-8(11)7(10)9(15)16/h2-3,5H,4H2,1H3. The minimum atomic E-state index is -0.368. The van der Waals surface area contributed by atoms with Crippen LogP contribution < -0.4 is 5.56 Å². The van der Waals surface area contributed by atoms with Crippen LogP contribution in [-0.4, -0.2) is 19.3 Å². The second-order valence-corrected chi connectivity index (χ2v) is 4.00. The van der Waals surface area contributed by atoms with E-state index in [1.54, 1.807) is 17.9 Å². The molecule has 0 saturated carbocycles. The molecule has 0 amide bonds. The third-order valence-electron chi connectivity index (χ3n) is 2.04. The quantitative estimate of drug-likeness (QED) is 0.764. The molecule has 0 spiro atoms. The number of hydrogen-bond donors (Lipinski definition) is 0. The van der Waals surface area contributed by atoms with Gasteiger partial charge in [-0.2, -0.15) is 5.10 Å². The summed E-state index contributed by atoms with van der Waals surface area (Å²) in [5.41, 5.74) is 0.386. The number of aromatic nitrogens is 4. The van der Waals surface area contributed by atoms with E-state index in [2.05, 4.69) is 10.1 Å². The number of hydrogen-bond acceptors (Lipinski definition) is 3. The molecule has 5 nitrogen and oxygen atoms in total. The fourth-order valence-electron chi connectivity index (χ4n) is 1.28. The highest BCUT2D eigenvalue weighted by molar-refractivity contribution is 6.40. The summed E-state index contributed by atoms with van der Waals surface area (Å²) in [7, 11) is 1.80. The summed E-state index contributed by atoms with van der Waals surface area (Å²) in [6, 6.07) is 1.81. The first-order valence-corrected chi connectivity index (χ1v) is 5.22. The summed E-state index contributed by atoms with van der Waals surface area (Å²) in [4.78, 5) is 15.5. The summed E-state index contributed by atoms with van der Waals surface area (Å²) in [6.45, 7) is 0.323. The van der Waals surface area contributed by atoms with Gasteiger partial charge in [-0.05, 0) is 6.07 Å². The first-order valence-electron chi connectivity index (χ1n) is 4.47. The maximum Gasteiger partial charge on any atom is 0.274 e. The number of aryl methyl sites for hydroxylation is 1. The van der Waals surface area contributed by atoms with E-state index < -0.39 is 0 Å². The van der Waals surface area contributed by atoms with Gasteiger partial charge >= 0.3 is 0 Å². The Morgan fingerprint density at radius 1 is 1.44 bits per heavy atom. The van der Waals surface area contributed by atoms with Gasteiger partial charge in [0.05, 0.1) is 18.6 Å². The van der Waals surface area contributed by atoms with E-state index in [9.17, 15) is 4.79 Å². The molecule has 0 bridgehead atoms. The molecular weight excluding hydrogens is 251 g/mol. The Labute approximate surface area is 101 Å². The monoisotopic (exact) mass is 258 g/mol. The van der Waals surface area contributed by atoms with Crippen LogP contribution in [0.15, 0.2) is 23.4 Å². The Kier molecular flexibility index (Phi) is 2.98. The third-order valence-corrected chi connectivity index (χ3v) is 2.77. The molecule has 0 aliphatic carbocycles. The van der Waals surface area contributed by atoms with Crippen molar-refractivity contribution in [2.24, 2.45) is 7.05 Å². The van der Waals surface area contributed by atoms with Crippen molar-refractivity contribution >= 4 is 23.2 Å². The largest absolute Gasteiger partial charge is 0.292 e. The molecule has 84 valence electrons. The minimum Gasteiger partial charge on any atom is -0.292 e. The Hall–Kier alpha value is -1.33. The highest BCUT2D eigenvalue weighted by atomic mass is 35.5. The molecule has 0 fully saturated rings. The van der Waals surface area contributed by atoms with E-state index in [-0.39, 0.29) is 15.7 Å². The minimum absolute atomic E-state index is 0.0175. The Bertz CT molecular complexity index is 575. The van der Waals surface area contributed by atoms with Gasteiger partial charge in [-0.15, -0.1) is 0 Å². The smallest absolute Gasteiger partial charge is 0.274 e. The van der Waals surface area contributed by atoms with Gasteiger partial charge in [0.2, 0.25) is 0 Å². The van der Waals surface area contributed by atoms with Crippen LogP contribution in [0.25, 0.3) is 0 Å². The lowest BCUT2D eigenvalue weighted by molar-refractivity contribution is 0.681. The average Bonchev–Trinajstić information content (AvgIpc) is 2.65. The van der Waals surface area contributed by atoms with Crippen molar-refractivity contribution < 1.29 is 0 Å². The van der Waals surface area contributed by atoms with Crippen molar-refractivity contribution in [3.63, 3.8) is 0 Å². The van der Waals surface area contributed by atoms with Gasteiger partial charge in [0, 0.05) is 13.2 Å². The summed E-state index contributed by atoms with van der Waals surface area (Å²) in [5.74, 6) is 0. The molecule has 0 saturated heterocycles. The zero-order valence-electron chi connectivity index (χ0n) is 8.39.